The lowest BCUT2D eigenvalue weighted by molar-refractivity contribution is -0.166. The van der Waals surface area contributed by atoms with Gasteiger partial charge in [-0.2, -0.15) is 0 Å². The average Bonchev–Trinajstić information content (AvgIpc) is 3.18. The Morgan fingerprint density at radius 2 is 0.931 bits per heavy atom. The number of hydrogen-bond donors (Lipinski definition) is 4. The fourth-order valence-electron chi connectivity index (χ4n) is 8.09. The Morgan fingerprint density at radius 1 is 0.483 bits per heavy atom. The van der Waals surface area contributed by atoms with Crippen molar-refractivity contribution in [2.24, 2.45) is 17.4 Å². The summed E-state index contributed by atoms with van der Waals surface area (Å²) in [6.45, 7) is 14.9. The van der Waals surface area contributed by atoms with Crippen molar-refractivity contribution in [1.82, 2.24) is 9.80 Å². The highest BCUT2D eigenvalue weighted by atomic mass is 16.4. The van der Waals surface area contributed by atoms with E-state index in [0.29, 0.717) is 58.0 Å². The van der Waals surface area contributed by atoms with E-state index in [0.717, 1.165) is 77.0 Å². The first kappa shape index (κ1) is 56.9. The van der Waals surface area contributed by atoms with Crippen LogP contribution >= 0.6 is 0 Å². The van der Waals surface area contributed by atoms with Gasteiger partial charge in [0.2, 0.25) is 23.6 Å². The van der Waals surface area contributed by atoms with Crippen LogP contribution in [-0.2, 0) is 28.8 Å². The Bertz CT molecular complexity index is 1150. The third-order valence-corrected chi connectivity index (χ3v) is 11.6. The maximum absolute atomic E-state index is 13.2. The first-order valence-electron chi connectivity index (χ1n) is 23.3. The van der Waals surface area contributed by atoms with Crippen molar-refractivity contribution >= 4 is 35.6 Å². The number of aliphatic carboxylic acids is 2. The van der Waals surface area contributed by atoms with Gasteiger partial charge in [-0.1, -0.05) is 151 Å². The summed E-state index contributed by atoms with van der Waals surface area (Å²) < 4.78 is 0. The number of carboxylic acids is 2. The van der Waals surface area contributed by atoms with Gasteiger partial charge in [0.15, 0.2) is 0 Å². The van der Waals surface area contributed by atoms with Crippen molar-refractivity contribution in [1.29, 1.82) is 0 Å². The molecule has 4 amide bonds. The highest BCUT2D eigenvalue weighted by Crippen LogP contribution is 2.38. The van der Waals surface area contributed by atoms with Crippen molar-refractivity contribution in [3.8, 4) is 0 Å². The molecule has 0 bridgehead atoms. The molecule has 0 radical (unpaired) electrons. The first-order chi connectivity index (χ1) is 27.7. The van der Waals surface area contributed by atoms with E-state index in [4.69, 9.17) is 11.5 Å². The molecule has 3 atom stereocenters. The molecule has 0 aliphatic heterocycles. The lowest BCUT2D eigenvalue weighted by Gasteiger charge is -2.45. The molecule has 12 heteroatoms. The highest BCUT2D eigenvalue weighted by molar-refractivity contribution is 5.89. The standard InChI is InChI=1S/C25H48N2O4.C21H40N2O4/c1-4-7-10-11-12-13-14-15-16-17-23(29)27(21-9-6-3)25(24(30)31,19-8-5-2)20-18-22(26)28;1-5-9-12-14-19(25)23(8-4)21(20(26)27,15-11-7-3)17(13-10-6-2)16-18(22)24/h4-21H2,1-3H3,(H2,26,28)(H,30,31);17H,5-16H2,1-4H3,(H2,22,24)(H,26,27)/t25-;17?,21-/m00/s1. The van der Waals surface area contributed by atoms with Gasteiger partial charge in [-0.25, -0.2) is 9.59 Å². The smallest absolute Gasteiger partial charge is 0.329 e. The second-order valence-electron chi connectivity index (χ2n) is 16.3. The van der Waals surface area contributed by atoms with Gasteiger partial charge in [0, 0.05) is 44.7 Å². The summed E-state index contributed by atoms with van der Waals surface area (Å²) in [6.07, 6.45) is 21.7. The maximum Gasteiger partial charge on any atom is 0.329 e. The predicted molar refractivity (Wildman–Crippen MR) is 235 cm³/mol. The third kappa shape index (κ3) is 21.7. The zero-order valence-electron chi connectivity index (χ0n) is 38.2. The van der Waals surface area contributed by atoms with Gasteiger partial charge in [-0.3, -0.25) is 19.2 Å². The van der Waals surface area contributed by atoms with Crippen LogP contribution in [0.2, 0.25) is 0 Å². The zero-order chi connectivity index (χ0) is 44.4. The average molecular weight is 825 g/mol. The lowest BCUT2D eigenvalue weighted by Crippen LogP contribution is -2.62. The number of likely N-dealkylation sites (N-methyl/N-ethyl adjacent to an activating group) is 1. The van der Waals surface area contributed by atoms with E-state index in [9.17, 15) is 39.0 Å². The van der Waals surface area contributed by atoms with Crippen molar-refractivity contribution in [3.05, 3.63) is 0 Å². The molecule has 12 nitrogen and oxygen atoms in total. The van der Waals surface area contributed by atoms with Crippen molar-refractivity contribution < 1.29 is 39.0 Å². The van der Waals surface area contributed by atoms with Crippen LogP contribution in [-0.4, -0.2) is 79.7 Å². The molecule has 340 valence electrons. The normalized spacial score (nSPS) is 13.6. The molecule has 0 aromatic carbocycles. The summed E-state index contributed by atoms with van der Waals surface area (Å²) in [5.41, 5.74) is 8.11. The van der Waals surface area contributed by atoms with Crippen LogP contribution < -0.4 is 11.5 Å². The number of carboxylic acid groups (broad SMARTS) is 2. The summed E-state index contributed by atoms with van der Waals surface area (Å²) in [5, 5.41) is 20.5. The summed E-state index contributed by atoms with van der Waals surface area (Å²) in [7, 11) is 0. The van der Waals surface area contributed by atoms with Crippen molar-refractivity contribution in [2.75, 3.05) is 13.1 Å². The molecule has 0 saturated heterocycles. The molecule has 58 heavy (non-hydrogen) atoms. The number of primary amides is 2. The molecule has 0 heterocycles. The van der Waals surface area contributed by atoms with E-state index in [1.807, 2.05) is 34.6 Å². The summed E-state index contributed by atoms with van der Waals surface area (Å²) >= 11 is 0. The maximum atomic E-state index is 13.2. The van der Waals surface area contributed by atoms with E-state index < -0.39 is 40.7 Å². The number of rotatable bonds is 37. The van der Waals surface area contributed by atoms with Crippen LogP contribution in [0.15, 0.2) is 0 Å². The van der Waals surface area contributed by atoms with Crippen LogP contribution in [0.5, 0.6) is 0 Å². The van der Waals surface area contributed by atoms with E-state index >= 15 is 0 Å². The Morgan fingerprint density at radius 3 is 1.38 bits per heavy atom. The first-order valence-corrected chi connectivity index (χ1v) is 23.3. The van der Waals surface area contributed by atoms with E-state index in [-0.39, 0.29) is 31.1 Å². The molecule has 0 saturated carbocycles. The molecule has 6 N–H and O–H groups in total. The monoisotopic (exact) mass is 825 g/mol. The Kier molecular flexibility index (Phi) is 34.0. The second kappa shape index (κ2) is 34.7. The van der Waals surface area contributed by atoms with Gasteiger partial charge in [0.1, 0.15) is 11.1 Å². The molecular formula is C46H88N4O8. The van der Waals surface area contributed by atoms with E-state index in [1.165, 1.54) is 43.4 Å². The van der Waals surface area contributed by atoms with Crippen LogP contribution in [0, 0.1) is 5.92 Å². The molecule has 0 aromatic rings. The van der Waals surface area contributed by atoms with Gasteiger partial charge in [-0.15, -0.1) is 0 Å². The van der Waals surface area contributed by atoms with E-state index in [2.05, 4.69) is 13.8 Å². The predicted octanol–water partition coefficient (Wildman–Crippen LogP) is 9.93. The number of nitrogens with two attached hydrogens (primary N) is 2. The molecule has 0 aliphatic rings. The number of carbonyl (C=O) groups excluding carboxylic acids is 4. The lowest BCUT2D eigenvalue weighted by atomic mass is 9.73. The molecule has 0 fully saturated rings. The minimum atomic E-state index is -1.36. The fourth-order valence-corrected chi connectivity index (χ4v) is 8.09. The fraction of sp³-hybridized carbons (Fsp3) is 0.870. The van der Waals surface area contributed by atoms with Crippen LogP contribution in [0.3, 0.4) is 0 Å². The van der Waals surface area contributed by atoms with Gasteiger partial charge in [-0.05, 0) is 51.9 Å². The number of nitrogens with zero attached hydrogens (tertiary/aromatic N) is 2. The third-order valence-electron chi connectivity index (χ3n) is 11.6. The Labute approximate surface area is 353 Å². The highest BCUT2D eigenvalue weighted by Gasteiger charge is 2.51. The molecule has 0 rings (SSSR count). The SMILES string of the molecule is CCCCCC(=O)N(CC)[C@](CCCC)(C(=O)O)C(CCCC)CC(N)=O.CCCCCCCCCCCC(=O)N(CCCC)[C@@](CCCC)(CCC(N)=O)C(=O)O. The second-order valence-corrected chi connectivity index (χ2v) is 16.3. The van der Waals surface area contributed by atoms with Crippen molar-refractivity contribution in [3.63, 3.8) is 0 Å². The Balaban J connectivity index is 0. The summed E-state index contributed by atoms with van der Waals surface area (Å²) in [5.74, 6) is -3.75. The summed E-state index contributed by atoms with van der Waals surface area (Å²) in [4.78, 5) is 77.4. The molecule has 1 unspecified atom stereocenters. The number of hydrogen-bond acceptors (Lipinski definition) is 6. The molecule has 0 aliphatic carbocycles. The number of unbranched alkanes of at least 4 members (excludes halogenated alkanes) is 14. The minimum Gasteiger partial charge on any atom is -0.479 e. The van der Waals surface area contributed by atoms with Crippen LogP contribution in [0.25, 0.3) is 0 Å². The van der Waals surface area contributed by atoms with Crippen LogP contribution in [0.4, 0.5) is 0 Å². The van der Waals surface area contributed by atoms with Gasteiger partial charge >= 0.3 is 11.9 Å². The molecular weight excluding hydrogens is 737 g/mol. The summed E-state index contributed by atoms with van der Waals surface area (Å²) in [6, 6.07) is 0. The largest absolute Gasteiger partial charge is 0.479 e. The topological polar surface area (TPSA) is 201 Å². The molecule has 0 aromatic heterocycles. The van der Waals surface area contributed by atoms with Crippen molar-refractivity contribution in [2.45, 2.75) is 239 Å². The van der Waals surface area contributed by atoms with Gasteiger partial charge < -0.3 is 31.5 Å². The van der Waals surface area contributed by atoms with Gasteiger partial charge in [0.05, 0.1) is 0 Å². The molecule has 0 spiro atoms. The number of amides is 4. The van der Waals surface area contributed by atoms with Crippen LogP contribution in [0.1, 0.15) is 228 Å². The zero-order valence-corrected chi connectivity index (χ0v) is 38.2. The minimum absolute atomic E-state index is 0.00520. The number of carbonyl (C=O) groups is 6. The van der Waals surface area contributed by atoms with Gasteiger partial charge in [0.25, 0.3) is 0 Å². The quantitative estimate of drug-likeness (QED) is 0.0443. The Hall–Kier alpha value is -3.18. The van der Waals surface area contributed by atoms with E-state index in [1.54, 1.807) is 4.90 Å².